The average Bonchev–Trinajstić information content (AvgIpc) is 2.39. The molecule has 18 heavy (non-hydrogen) atoms. The highest BCUT2D eigenvalue weighted by Gasteiger charge is 2.34. The Morgan fingerprint density at radius 3 is 2.56 bits per heavy atom. The summed E-state index contributed by atoms with van der Waals surface area (Å²) < 4.78 is 37.9. The second kappa shape index (κ2) is 4.34. The van der Waals surface area contributed by atoms with Crippen LogP contribution in [0.4, 0.5) is 13.2 Å². The van der Waals surface area contributed by atoms with E-state index >= 15 is 0 Å². The smallest absolute Gasteiger partial charge is 0.197 e. The minimum Gasteiger partial charge on any atom is -0.197 e. The van der Waals surface area contributed by atoms with Crippen LogP contribution in [0.3, 0.4) is 0 Å². The molecule has 0 spiro atoms. The normalized spacial score (nSPS) is 22.8. The molecule has 0 saturated heterocycles. The first-order valence-corrected chi connectivity index (χ1v) is 5.41. The van der Waals surface area contributed by atoms with E-state index in [0.29, 0.717) is 12.0 Å². The largest absolute Gasteiger partial charge is 0.416 e. The van der Waals surface area contributed by atoms with Gasteiger partial charge in [0.25, 0.3) is 0 Å². The summed E-state index contributed by atoms with van der Waals surface area (Å²) in [5.41, 5.74) is -1.34. The molecule has 1 aliphatic rings. The van der Waals surface area contributed by atoms with Gasteiger partial charge in [-0.1, -0.05) is 36.4 Å². The third kappa shape index (κ3) is 2.17. The van der Waals surface area contributed by atoms with Gasteiger partial charge in [0, 0.05) is 0 Å². The molecule has 2 rings (SSSR count). The first kappa shape index (κ1) is 12.4. The van der Waals surface area contributed by atoms with Crippen LogP contribution in [0, 0.1) is 11.3 Å². The van der Waals surface area contributed by atoms with E-state index < -0.39 is 17.2 Å². The molecule has 1 aromatic rings. The molecule has 0 radical (unpaired) electrons. The summed E-state index contributed by atoms with van der Waals surface area (Å²) in [7, 11) is 0. The fourth-order valence-electron chi connectivity index (χ4n) is 1.95. The molecule has 1 unspecified atom stereocenters. The molecule has 0 aromatic heterocycles. The lowest BCUT2D eigenvalue weighted by Crippen LogP contribution is -2.22. The summed E-state index contributed by atoms with van der Waals surface area (Å²) in [4.78, 5) is 0. The van der Waals surface area contributed by atoms with Gasteiger partial charge in [0.1, 0.15) is 5.41 Å². The van der Waals surface area contributed by atoms with E-state index in [1.807, 2.05) is 0 Å². The number of allylic oxidation sites excluding steroid dienone is 4. The minimum atomic E-state index is -4.39. The van der Waals surface area contributed by atoms with E-state index in [1.54, 1.807) is 30.4 Å². The van der Waals surface area contributed by atoms with Crippen molar-refractivity contribution in [2.24, 2.45) is 0 Å². The van der Waals surface area contributed by atoms with Crippen LogP contribution in [-0.2, 0) is 11.6 Å². The van der Waals surface area contributed by atoms with Crippen molar-refractivity contribution in [2.75, 3.05) is 0 Å². The lowest BCUT2D eigenvalue weighted by Gasteiger charge is -2.24. The Morgan fingerprint density at radius 2 is 2.00 bits per heavy atom. The molecule has 0 fully saturated rings. The summed E-state index contributed by atoms with van der Waals surface area (Å²) in [6.45, 7) is 0. The van der Waals surface area contributed by atoms with Crippen LogP contribution < -0.4 is 0 Å². The van der Waals surface area contributed by atoms with Crippen molar-refractivity contribution in [3.8, 4) is 6.07 Å². The SMILES string of the molecule is N#CC1(c2cccc(C(F)(F)F)c2)C=CC=CC1. The Morgan fingerprint density at radius 1 is 1.22 bits per heavy atom. The molecule has 1 nitrogen and oxygen atoms in total. The quantitative estimate of drug-likeness (QED) is 0.738. The van der Waals surface area contributed by atoms with E-state index in [-0.39, 0.29) is 0 Å². The van der Waals surface area contributed by atoms with Gasteiger partial charge in [-0.15, -0.1) is 0 Å². The van der Waals surface area contributed by atoms with Crippen LogP contribution in [0.25, 0.3) is 0 Å². The highest BCUT2D eigenvalue weighted by atomic mass is 19.4. The average molecular weight is 249 g/mol. The third-order valence-electron chi connectivity index (χ3n) is 2.97. The maximum absolute atomic E-state index is 12.6. The van der Waals surface area contributed by atoms with Gasteiger partial charge in [-0.25, -0.2) is 0 Å². The van der Waals surface area contributed by atoms with E-state index in [9.17, 15) is 18.4 Å². The molecular weight excluding hydrogens is 239 g/mol. The lowest BCUT2D eigenvalue weighted by molar-refractivity contribution is -0.137. The predicted octanol–water partition coefficient (Wildman–Crippen LogP) is 3.98. The van der Waals surface area contributed by atoms with Gasteiger partial charge < -0.3 is 0 Å². The summed E-state index contributed by atoms with van der Waals surface area (Å²) in [6.07, 6.45) is 2.89. The summed E-state index contributed by atoms with van der Waals surface area (Å²) in [5.74, 6) is 0. The number of alkyl halides is 3. The molecule has 0 aliphatic heterocycles. The maximum Gasteiger partial charge on any atom is 0.416 e. The Hall–Kier alpha value is -2.02. The fourth-order valence-corrected chi connectivity index (χ4v) is 1.95. The van der Waals surface area contributed by atoms with Gasteiger partial charge in [0.05, 0.1) is 11.6 Å². The number of nitrogens with zero attached hydrogens (tertiary/aromatic N) is 1. The standard InChI is InChI=1S/C14H10F3N/c15-14(16,17)12-6-4-5-11(9-12)13(10-18)7-2-1-3-8-13/h1-7,9H,8H2. The maximum atomic E-state index is 12.6. The molecule has 0 N–H and O–H groups in total. The van der Waals surface area contributed by atoms with Gasteiger partial charge in [0.2, 0.25) is 0 Å². The van der Waals surface area contributed by atoms with Crippen LogP contribution in [0.5, 0.6) is 0 Å². The Bertz CT molecular complexity index is 549. The van der Waals surface area contributed by atoms with Crippen LogP contribution in [0.2, 0.25) is 0 Å². The second-order valence-electron chi connectivity index (χ2n) is 4.15. The number of hydrogen-bond acceptors (Lipinski definition) is 1. The summed E-state index contributed by atoms with van der Waals surface area (Å²) >= 11 is 0. The first-order valence-electron chi connectivity index (χ1n) is 5.41. The van der Waals surface area contributed by atoms with Crippen molar-refractivity contribution in [2.45, 2.75) is 18.0 Å². The van der Waals surface area contributed by atoms with E-state index in [0.717, 1.165) is 12.1 Å². The molecule has 0 heterocycles. The molecule has 0 bridgehead atoms. The highest BCUT2D eigenvalue weighted by molar-refractivity contribution is 5.44. The van der Waals surface area contributed by atoms with E-state index in [2.05, 4.69) is 6.07 Å². The Labute approximate surface area is 103 Å². The fraction of sp³-hybridized carbons (Fsp3) is 0.214. The van der Waals surface area contributed by atoms with Crippen molar-refractivity contribution >= 4 is 0 Å². The molecule has 1 aromatic carbocycles. The van der Waals surface area contributed by atoms with Gasteiger partial charge in [0.15, 0.2) is 0 Å². The van der Waals surface area contributed by atoms with Gasteiger partial charge in [-0.05, 0) is 24.1 Å². The zero-order valence-corrected chi connectivity index (χ0v) is 9.41. The number of halogens is 3. The van der Waals surface area contributed by atoms with Crippen molar-refractivity contribution in [1.82, 2.24) is 0 Å². The van der Waals surface area contributed by atoms with Gasteiger partial charge in [-0.3, -0.25) is 0 Å². The Balaban J connectivity index is 2.49. The third-order valence-corrected chi connectivity index (χ3v) is 2.97. The van der Waals surface area contributed by atoms with E-state index in [1.165, 1.54) is 6.07 Å². The van der Waals surface area contributed by atoms with Crippen LogP contribution in [-0.4, -0.2) is 0 Å². The van der Waals surface area contributed by atoms with Crippen molar-refractivity contribution in [3.05, 3.63) is 59.7 Å². The highest BCUT2D eigenvalue weighted by Crippen LogP contribution is 2.36. The predicted molar refractivity (Wildman–Crippen MR) is 61.6 cm³/mol. The summed E-state index contributed by atoms with van der Waals surface area (Å²) in [5, 5.41) is 9.27. The molecule has 0 amide bonds. The molecule has 4 heteroatoms. The van der Waals surface area contributed by atoms with Crippen molar-refractivity contribution in [3.63, 3.8) is 0 Å². The lowest BCUT2D eigenvalue weighted by atomic mass is 9.76. The first-order chi connectivity index (χ1) is 8.48. The topological polar surface area (TPSA) is 23.8 Å². The number of benzene rings is 1. The van der Waals surface area contributed by atoms with Gasteiger partial charge in [-0.2, -0.15) is 18.4 Å². The second-order valence-corrected chi connectivity index (χ2v) is 4.15. The van der Waals surface area contributed by atoms with Crippen LogP contribution >= 0.6 is 0 Å². The molecule has 92 valence electrons. The molecule has 1 aliphatic carbocycles. The number of hydrogen-bond donors (Lipinski definition) is 0. The van der Waals surface area contributed by atoms with Crippen LogP contribution in [0.15, 0.2) is 48.6 Å². The zero-order valence-electron chi connectivity index (χ0n) is 9.41. The van der Waals surface area contributed by atoms with E-state index in [4.69, 9.17) is 0 Å². The van der Waals surface area contributed by atoms with Crippen molar-refractivity contribution < 1.29 is 13.2 Å². The van der Waals surface area contributed by atoms with Gasteiger partial charge >= 0.3 is 6.18 Å². The number of rotatable bonds is 1. The van der Waals surface area contributed by atoms with Crippen molar-refractivity contribution in [1.29, 1.82) is 5.26 Å². The molecule has 1 atom stereocenters. The van der Waals surface area contributed by atoms with Crippen LogP contribution in [0.1, 0.15) is 17.5 Å². The Kier molecular flexibility index (Phi) is 3.00. The molecular formula is C14H10F3N. The minimum absolute atomic E-state index is 0.375. The zero-order chi connectivity index (χ0) is 13.2. The monoisotopic (exact) mass is 249 g/mol. The molecule has 0 saturated carbocycles. The summed E-state index contributed by atoms with van der Waals surface area (Å²) in [6, 6.07) is 7.06. The number of nitriles is 1.